The van der Waals surface area contributed by atoms with Crippen molar-refractivity contribution in [2.45, 2.75) is 50.4 Å². The van der Waals surface area contributed by atoms with Crippen molar-refractivity contribution in [1.82, 2.24) is 20.0 Å². The molecular formula is C23H30F3N5O4. The fourth-order valence-corrected chi connectivity index (χ4v) is 4.91. The van der Waals surface area contributed by atoms with Crippen molar-refractivity contribution in [3.63, 3.8) is 0 Å². The molecule has 0 unspecified atom stereocenters. The Balaban J connectivity index is 1.21. The van der Waals surface area contributed by atoms with E-state index in [4.69, 9.17) is 0 Å². The van der Waals surface area contributed by atoms with Crippen molar-refractivity contribution in [1.29, 1.82) is 0 Å². The van der Waals surface area contributed by atoms with Gasteiger partial charge in [0.15, 0.2) is 0 Å². The Kier molecular flexibility index (Phi) is 7.50. The number of piperazine rings is 1. The third-order valence-electron chi connectivity index (χ3n) is 6.75. The molecule has 9 nitrogen and oxygen atoms in total. The number of hydrogen-bond acceptors (Lipinski definition) is 6. The molecule has 0 bridgehead atoms. The van der Waals surface area contributed by atoms with Crippen LogP contribution in [0.15, 0.2) is 24.3 Å². The number of alkyl halides is 3. The van der Waals surface area contributed by atoms with Crippen molar-refractivity contribution in [2.75, 3.05) is 44.7 Å². The molecule has 2 N–H and O–H groups in total. The molecule has 3 fully saturated rings. The Hall–Kier alpha value is -2.86. The number of ether oxygens (including phenoxy) is 1. The highest BCUT2D eigenvalue weighted by molar-refractivity contribution is 6.07. The van der Waals surface area contributed by atoms with E-state index in [1.165, 1.54) is 17.0 Å². The van der Waals surface area contributed by atoms with Crippen LogP contribution in [0.4, 0.5) is 23.7 Å². The molecule has 0 atom stereocenters. The van der Waals surface area contributed by atoms with Gasteiger partial charge in [0, 0.05) is 31.9 Å². The molecule has 35 heavy (non-hydrogen) atoms. The van der Waals surface area contributed by atoms with Gasteiger partial charge < -0.3 is 15.4 Å². The summed E-state index contributed by atoms with van der Waals surface area (Å²) in [5, 5.41) is 5.62. The van der Waals surface area contributed by atoms with Crippen LogP contribution in [0.2, 0.25) is 0 Å². The summed E-state index contributed by atoms with van der Waals surface area (Å²) in [6.07, 6.45) is 0.647. The normalized spacial score (nSPS) is 21.6. The van der Waals surface area contributed by atoms with Crippen LogP contribution >= 0.6 is 0 Å². The highest BCUT2D eigenvalue weighted by Gasteiger charge is 2.51. The van der Waals surface area contributed by atoms with E-state index in [-0.39, 0.29) is 36.8 Å². The van der Waals surface area contributed by atoms with E-state index in [1.807, 2.05) is 9.80 Å². The van der Waals surface area contributed by atoms with Gasteiger partial charge in [-0.05, 0) is 37.1 Å². The lowest BCUT2D eigenvalue weighted by Gasteiger charge is -2.35. The number of nitrogens with one attached hydrogen (secondary N) is 2. The Morgan fingerprint density at radius 1 is 0.971 bits per heavy atom. The van der Waals surface area contributed by atoms with E-state index in [2.05, 4.69) is 15.4 Å². The van der Waals surface area contributed by atoms with Crippen LogP contribution in [0, 0.1) is 0 Å². The summed E-state index contributed by atoms with van der Waals surface area (Å²) in [6, 6.07) is 4.63. The molecule has 0 radical (unpaired) electrons. The van der Waals surface area contributed by atoms with Crippen molar-refractivity contribution in [2.24, 2.45) is 0 Å². The van der Waals surface area contributed by atoms with E-state index in [1.54, 1.807) is 0 Å². The van der Waals surface area contributed by atoms with E-state index in [0.717, 1.165) is 37.8 Å². The highest BCUT2D eigenvalue weighted by Crippen LogP contribution is 2.33. The number of urea groups is 1. The lowest BCUT2D eigenvalue weighted by Crippen LogP contribution is -2.53. The minimum atomic E-state index is -4.77. The summed E-state index contributed by atoms with van der Waals surface area (Å²) in [7, 11) is 0. The number of amides is 4. The summed E-state index contributed by atoms with van der Waals surface area (Å²) in [6.45, 7) is 2.72. The van der Waals surface area contributed by atoms with Crippen LogP contribution in [0.5, 0.6) is 5.75 Å². The summed E-state index contributed by atoms with van der Waals surface area (Å²) in [5.74, 6) is -0.771. The second-order valence-electron chi connectivity index (χ2n) is 9.32. The summed E-state index contributed by atoms with van der Waals surface area (Å²) < 4.78 is 40.6. The first-order chi connectivity index (χ1) is 16.6. The van der Waals surface area contributed by atoms with Gasteiger partial charge in [0.05, 0.1) is 13.2 Å². The van der Waals surface area contributed by atoms with Crippen LogP contribution in [0.3, 0.4) is 0 Å². The molecule has 1 aliphatic carbocycles. The molecular weight excluding hydrogens is 467 g/mol. The number of nitrogens with zero attached hydrogens (tertiary/aromatic N) is 3. The second kappa shape index (κ2) is 10.4. The van der Waals surface area contributed by atoms with E-state index in [9.17, 15) is 27.6 Å². The zero-order valence-electron chi connectivity index (χ0n) is 19.4. The van der Waals surface area contributed by atoms with Gasteiger partial charge in [0.2, 0.25) is 5.91 Å². The van der Waals surface area contributed by atoms with Crippen LogP contribution in [0.1, 0.15) is 38.5 Å². The maximum atomic E-state index is 13.1. The van der Waals surface area contributed by atoms with Crippen molar-refractivity contribution < 1.29 is 32.3 Å². The number of benzene rings is 1. The molecule has 3 aliphatic rings. The van der Waals surface area contributed by atoms with Crippen LogP contribution in [-0.4, -0.2) is 83.8 Å². The molecule has 1 saturated carbocycles. The molecule has 2 saturated heterocycles. The summed E-state index contributed by atoms with van der Waals surface area (Å²) in [4.78, 5) is 43.3. The Morgan fingerprint density at radius 2 is 1.57 bits per heavy atom. The minimum absolute atomic E-state index is 0.126. The first-order valence-corrected chi connectivity index (χ1v) is 11.9. The Morgan fingerprint density at radius 3 is 2.17 bits per heavy atom. The molecule has 4 amide bonds. The van der Waals surface area contributed by atoms with Gasteiger partial charge in [-0.15, -0.1) is 13.2 Å². The molecule has 4 rings (SSSR count). The summed E-state index contributed by atoms with van der Waals surface area (Å²) >= 11 is 0. The number of hydrogen-bond donors (Lipinski definition) is 2. The predicted octanol–water partition coefficient (Wildman–Crippen LogP) is 2.74. The first kappa shape index (κ1) is 25.2. The van der Waals surface area contributed by atoms with Crippen LogP contribution in [-0.2, 0) is 9.59 Å². The molecule has 0 aromatic heterocycles. The van der Waals surface area contributed by atoms with Crippen molar-refractivity contribution in [3.05, 3.63) is 24.3 Å². The average Bonchev–Trinajstić information content (AvgIpc) is 2.95. The van der Waals surface area contributed by atoms with Gasteiger partial charge in [-0.3, -0.25) is 19.4 Å². The topological polar surface area (TPSA) is 94.2 Å². The van der Waals surface area contributed by atoms with Gasteiger partial charge in [-0.2, -0.15) is 0 Å². The zero-order valence-corrected chi connectivity index (χ0v) is 19.4. The van der Waals surface area contributed by atoms with Gasteiger partial charge in [-0.1, -0.05) is 25.7 Å². The molecule has 2 aliphatic heterocycles. The highest BCUT2D eigenvalue weighted by atomic mass is 19.4. The lowest BCUT2D eigenvalue weighted by atomic mass is 9.90. The van der Waals surface area contributed by atoms with E-state index in [0.29, 0.717) is 44.7 Å². The predicted molar refractivity (Wildman–Crippen MR) is 120 cm³/mol. The molecule has 12 heteroatoms. The first-order valence-electron chi connectivity index (χ1n) is 11.9. The number of rotatable bonds is 6. The molecule has 2 heterocycles. The number of anilines is 1. The number of halogens is 3. The second-order valence-corrected chi connectivity index (χ2v) is 9.32. The smallest absolute Gasteiger partial charge is 0.406 e. The molecule has 1 spiro atoms. The number of carbonyl (C=O) groups is 3. The van der Waals surface area contributed by atoms with Gasteiger partial charge in [0.25, 0.3) is 5.91 Å². The summed E-state index contributed by atoms with van der Waals surface area (Å²) in [5.41, 5.74) is -0.376. The maximum absolute atomic E-state index is 13.1. The number of carbonyl (C=O) groups excluding carboxylic acids is 3. The molecule has 1 aromatic carbocycles. The lowest BCUT2D eigenvalue weighted by molar-refractivity contribution is -0.274. The Bertz CT molecular complexity index is 924. The molecule has 192 valence electrons. The van der Waals surface area contributed by atoms with E-state index < -0.39 is 11.9 Å². The zero-order chi connectivity index (χ0) is 25.1. The van der Waals surface area contributed by atoms with Crippen LogP contribution in [0.25, 0.3) is 0 Å². The fourth-order valence-electron chi connectivity index (χ4n) is 4.91. The van der Waals surface area contributed by atoms with Crippen LogP contribution < -0.4 is 15.4 Å². The third-order valence-corrected chi connectivity index (χ3v) is 6.75. The quantitative estimate of drug-likeness (QED) is 0.587. The average molecular weight is 498 g/mol. The largest absolute Gasteiger partial charge is 0.573 e. The van der Waals surface area contributed by atoms with Gasteiger partial charge in [0.1, 0.15) is 11.3 Å². The Labute approximate surface area is 201 Å². The maximum Gasteiger partial charge on any atom is 0.573 e. The monoisotopic (exact) mass is 497 g/mol. The third kappa shape index (κ3) is 6.43. The standard InChI is InChI=1S/C23H30F3N5O4/c24-23(25,26)35-18-7-5-17(6-8-18)27-19(32)15-29-11-13-30(14-12-29)16-31-20(33)22(28-21(31)34)9-3-1-2-4-10-22/h5-8H,1-4,9-16H2,(H,27,32)(H,28,34). The number of imide groups is 1. The van der Waals surface area contributed by atoms with E-state index >= 15 is 0 Å². The van der Waals surface area contributed by atoms with Gasteiger partial charge >= 0.3 is 12.4 Å². The SMILES string of the molecule is O=C(CN1CCN(CN2C(=O)NC3(CCCCCC3)C2=O)CC1)Nc1ccc(OC(F)(F)F)cc1. The van der Waals surface area contributed by atoms with Crippen molar-refractivity contribution >= 4 is 23.5 Å². The van der Waals surface area contributed by atoms with Crippen molar-refractivity contribution in [3.8, 4) is 5.75 Å². The minimum Gasteiger partial charge on any atom is -0.406 e. The fraction of sp³-hybridized carbons (Fsp3) is 0.609. The van der Waals surface area contributed by atoms with Gasteiger partial charge in [-0.25, -0.2) is 9.69 Å². The molecule has 1 aromatic rings.